The van der Waals surface area contributed by atoms with Gasteiger partial charge in [-0.05, 0) is 80.2 Å². The van der Waals surface area contributed by atoms with Crippen LogP contribution < -0.4 is 0 Å². The molecule has 3 heterocycles. The second-order valence-electron chi connectivity index (χ2n) is 16.8. The van der Waals surface area contributed by atoms with Gasteiger partial charge in [-0.15, -0.1) is 34.0 Å². The van der Waals surface area contributed by atoms with Gasteiger partial charge in [-0.3, -0.25) is 19.2 Å². The topological polar surface area (TPSA) is 93.0 Å². The molecule has 0 aliphatic heterocycles. The highest BCUT2D eigenvalue weighted by atomic mass is 32.1. The number of ketones is 4. The van der Waals surface area contributed by atoms with Crippen molar-refractivity contribution in [2.45, 2.75) is 121 Å². The van der Waals surface area contributed by atoms with Gasteiger partial charge < -0.3 is 0 Å². The zero-order chi connectivity index (χ0) is 34.2. The molecule has 0 saturated heterocycles. The summed E-state index contributed by atoms with van der Waals surface area (Å²) in [5.74, 6) is -0.706. The van der Waals surface area contributed by atoms with Gasteiger partial charge in [0.15, 0.2) is 28.8 Å². The van der Waals surface area contributed by atoms with Gasteiger partial charge in [0.1, 0.15) is 10.7 Å². The Morgan fingerprint density at radius 1 is 0.549 bits per heavy atom. The Balaban J connectivity index is 1.04. The van der Waals surface area contributed by atoms with Gasteiger partial charge in [-0.1, -0.05) is 64.2 Å². The molecule has 0 radical (unpaired) electrons. The summed E-state index contributed by atoms with van der Waals surface area (Å²) in [6, 6.07) is 2.12. The fourth-order valence-corrected chi connectivity index (χ4v) is 16.5. The van der Waals surface area contributed by atoms with E-state index in [4.69, 9.17) is 9.98 Å². The Labute approximate surface area is 309 Å². The second-order valence-corrected chi connectivity index (χ2v) is 19.9. The van der Waals surface area contributed by atoms with Crippen LogP contribution in [0.4, 0.5) is 5.00 Å². The number of Topliss-reactive ketones (excluding diaryl/α,β-unsaturated/α-hetero) is 4. The van der Waals surface area contributed by atoms with Crippen molar-refractivity contribution in [1.29, 1.82) is 0 Å². The Hall–Kier alpha value is -2.88. The predicted molar refractivity (Wildman–Crippen MR) is 206 cm³/mol. The van der Waals surface area contributed by atoms with Crippen LogP contribution in [-0.4, -0.2) is 34.6 Å². The first-order valence-corrected chi connectivity index (χ1v) is 22.2. The number of carbonyl (C=O) groups excluding carboxylic acids is 4. The van der Waals surface area contributed by atoms with Crippen LogP contribution in [0.15, 0.2) is 33.4 Å². The number of rotatable bonds is 2. The van der Waals surface area contributed by atoms with Crippen LogP contribution in [0.1, 0.15) is 126 Å². The van der Waals surface area contributed by atoms with Gasteiger partial charge in [-0.2, -0.15) is 0 Å². The average Bonchev–Trinajstić information content (AvgIpc) is 3.99. The van der Waals surface area contributed by atoms with E-state index in [-0.39, 0.29) is 69.1 Å². The van der Waals surface area contributed by atoms with Crippen molar-refractivity contribution in [2.75, 3.05) is 0 Å². The highest BCUT2D eigenvalue weighted by Gasteiger charge is 2.58. The number of thiophene rings is 3. The van der Waals surface area contributed by atoms with Crippen molar-refractivity contribution in [3.8, 4) is 0 Å². The number of allylic oxidation sites excluding steroid dienone is 3. The minimum absolute atomic E-state index is 0.00700. The van der Waals surface area contributed by atoms with E-state index in [9.17, 15) is 19.2 Å². The molecule has 0 N–H and O–H groups in total. The maximum atomic E-state index is 13.7. The molecule has 4 atom stereocenters. The minimum Gasteiger partial charge on any atom is -0.292 e. The Kier molecular flexibility index (Phi) is 7.02. The van der Waals surface area contributed by atoms with Gasteiger partial charge in [0, 0.05) is 44.1 Å². The summed E-state index contributed by atoms with van der Waals surface area (Å²) in [4.78, 5) is 65.5. The average molecular weight is 735 g/mol. The zero-order valence-corrected chi connectivity index (χ0v) is 31.4. The molecule has 0 bridgehead atoms. The first-order chi connectivity index (χ1) is 24.9. The minimum atomic E-state index is -0.247. The molecule has 0 amide bonds. The van der Waals surface area contributed by atoms with Gasteiger partial charge in [-0.25, -0.2) is 9.98 Å². The number of hydrogen-bond donors (Lipinski definition) is 0. The van der Waals surface area contributed by atoms with Crippen molar-refractivity contribution in [3.05, 3.63) is 33.9 Å². The Morgan fingerprint density at radius 2 is 1.08 bits per heavy atom. The third-order valence-corrected chi connectivity index (χ3v) is 18.2. The van der Waals surface area contributed by atoms with Crippen LogP contribution in [0, 0.1) is 29.1 Å². The molecule has 6 fully saturated rings. The first kappa shape index (κ1) is 31.6. The van der Waals surface area contributed by atoms with Crippen LogP contribution in [0.25, 0.3) is 24.4 Å². The van der Waals surface area contributed by atoms with Crippen LogP contribution in [0.5, 0.6) is 0 Å². The number of aliphatic imine (C=N–C) groups is 2. The lowest BCUT2D eigenvalue weighted by atomic mass is 9.67. The summed E-state index contributed by atoms with van der Waals surface area (Å²) in [5, 5.41) is 0.769. The monoisotopic (exact) mass is 734 g/mol. The van der Waals surface area contributed by atoms with Crippen LogP contribution in [-0.2, 0) is 24.6 Å². The molecular weight excluding hydrogens is 693 g/mol. The lowest BCUT2D eigenvalue weighted by Crippen LogP contribution is -2.28. The van der Waals surface area contributed by atoms with Crippen molar-refractivity contribution in [1.82, 2.24) is 0 Å². The number of hydrogen-bond acceptors (Lipinski definition) is 9. The zero-order valence-electron chi connectivity index (χ0n) is 28.9. The normalized spacial score (nSPS) is 30.9. The fraction of sp³-hybridized carbons (Fsp3) is 0.571. The lowest BCUT2D eigenvalue weighted by Gasteiger charge is -2.37. The maximum absolute atomic E-state index is 13.7. The third kappa shape index (κ3) is 4.20. The van der Waals surface area contributed by atoms with Crippen molar-refractivity contribution in [3.63, 3.8) is 0 Å². The summed E-state index contributed by atoms with van der Waals surface area (Å²) < 4.78 is 5.15. The summed E-state index contributed by atoms with van der Waals surface area (Å²) in [7, 11) is 0. The molecule has 11 rings (SSSR count). The molecule has 3 aromatic heterocycles. The Morgan fingerprint density at radius 3 is 1.65 bits per heavy atom. The summed E-state index contributed by atoms with van der Waals surface area (Å²) >= 11 is 5.44. The first-order valence-electron chi connectivity index (χ1n) is 19.7. The predicted octanol–water partition coefficient (Wildman–Crippen LogP) is 10.4. The van der Waals surface area contributed by atoms with Gasteiger partial charge in [0.05, 0.1) is 19.8 Å². The van der Waals surface area contributed by atoms with E-state index in [1.165, 1.54) is 66.1 Å². The standard InChI is InChI=1S/C42H42N2O4S3/c45-33-21-11-3-4-12-22(21)34(46)31(33)43-27-19-25-29(42(27)17-9-2-10-18-42)38-30(41(25)15-7-1-8-16-41)39-40(51-38)37-26(49-39)20-28(50-37)44-32-35(47)23-13-5-6-14-24(23)36(32)48/h19-24H,1-18H2. The van der Waals surface area contributed by atoms with E-state index >= 15 is 0 Å². The van der Waals surface area contributed by atoms with E-state index in [1.54, 1.807) is 11.3 Å². The molecule has 3 aromatic rings. The largest absolute Gasteiger partial charge is 0.292 e. The molecule has 51 heavy (non-hydrogen) atoms. The van der Waals surface area contributed by atoms with E-state index in [0.717, 1.165) is 101 Å². The number of fused-ring (bicyclic) bond motifs is 11. The van der Waals surface area contributed by atoms with Crippen LogP contribution in [0.2, 0.25) is 0 Å². The van der Waals surface area contributed by atoms with E-state index in [2.05, 4.69) is 12.1 Å². The van der Waals surface area contributed by atoms with Crippen molar-refractivity contribution >= 4 is 97.9 Å². The molecule has 9 heteroatoms. The highest BCUT2D eigenvalue weighted by Crippen LogP contribution is 2.70. The van der Waals surface area contributed by atoms with Gasteiger partial charge in [0.2, 0.25) is 0 Å². The number of carbonyl (C=O) groups is 4. The molecule has 0 aromatic carbocycles. The smallest absolute Gasteiger partial charge is 0.188 e. The van der Waals surface area contributed by atoms with E-state index < -0.39 is 0 Å². The van der Waals surface area contributed by atoms with Gasteiger partial charge >= 0.3 is 0 Å². The van der Waals surface area contributed by atoms with Crippen molar-refractivity contribution < 1.29 is 19.2 Å². The summed E-state index contributed by atoms with van der Waals surface area (Å²) in [6.07, 6.45) is 21.2. The second kappa shape index (κ2) is 11.3. The molecule has 8 aliphatic rings. The number of nitrogens with zero attached hydrogens (tertiary/aromatic N) is 2. The highest BCUT2D eigenvalue weighted by molar-refractivity contribution is 7.40. The quantitative estimate of drug-likeness (QED) is 0.262. The lowest BCUT2D eigenvalue weighted by molar-refractivity contribution is -0.120. The van der Waals surface area contributed by atoms with Crippen LogP contribution in [0.3, 0.4) is 0 Å². The van der Waals surface area contributed by atoms with E-state index in [1.807, 2.05) is 22.7 Å². The fourth-order valence-electron chi connectivity index (χ4n) is 12.0. The summed E-state index contributed by atoms with van der Waals surface area (Å²) in [5.41, 5.74) is 5.59. The molecule has 4 unspecified atom stereocenters. The molecule has 2 spiro atoms. The Bertz CT molecular complexity index is 2190. The van der Waals surface area contributed by atoms with E-state index in [0.29, 0.717) is 0 Å². The third-order valence-electron chi connectivity index (χ3n) is 14.4. The molecule has 6 nitrogen and oxygen atoms in total. The molecular formula is C42H42N2O4S3. The van der Waals surface area contributed by atoms with Crippen molar-refractivity contribution in [2.24, 2.45) is 39.1 Å². The van der Waals surface area contributed by atoms with Gasteiger partial charge in [0.25, 0.3) is 0 Å². The van der Waals surface area contributed by atoms with Crippen LogP contribution >= 0.6 is 34.0 Å². The maximum Gasteiger partial charge on any atom is 0.188 e. The molecule has 6 saturated carbocycles. The SMILES string of the molecule is O=C1C(=NC2=CC3=C(c4sc5c(sc6cc(N=C7C(=O)C8CCCCC8C7=O)sc65)c4C34CCCCC4)C23CCCCC3)C(=O)C2CCCCC12. The summed E-state index contributed by atoms with van der Waals surface area (Å²) in [6.45, 7) is 0. The molecule has 8 aliphatic carbocycles. The molecule has 262 valence electrons.